The lowest BCUT2D eigenvalue weighted by Gasteiger charge is -2.13. The standard InChI is InChI=1S/C24H28N4O2/c1-17-21(10-7-11-23(17)20-8-5-4-6-9-20)16-30-24-27-15-22(18(2)28-24)14-25-12-13-26-19(3)29/h4-11,15,25H,12-14,16H2,1-3H3,(H,26,29). The largest absolute Gasteiger partial charge is 0.459 e. The van der Waals surface area contributed by atoms with Crippen molar-refractivity contribution in [1.82, 2.24) is 20.6 Å². The molecule has 1 heterocycles. The molecular weight excluding hydrogens is 376 g/mol. The molecule has 0 radical (unpaired) electrons. The second kappa shape index (κ2) is 10.5. The van der Waals surface area contributed by atoms with Gasteiger partial charge in [-0.05, 0) is 36.1 Å². The summed E-state index contributed by atoms with van der Waals surface area (Å²) in [6, 6.07) is 17.0. The minimum absolute atomic E-state index is 0.0256. The molecule has 6 heteroatoms. The molecule has 6 nitrogen and oxygen atoms in total. The molecule has 0 saturated heterocycles. The fraction of sp³-hybridized carbons (Fsp3) is 0.292. The van der Waals surface area contributed by atoms with Crippen LogP contribution in [0.2, 0.25) is 0 Å². The van der Waals surface area contributed by atoms with Crippen molar-refractivity contribution in [2.24, 2.45) is 0 Å². The number of rotatable bonds is 9. The zero-order valence-corrected chi connectivity index (χ0v) is 17.7. The van der Waals surface area contributed by atoms with Crippen LogP contribution in [-0.2, 0) is 17.9 Å². The maximum atomic E-state index is 10.9. The first-order chi connectivity index (χ1) is 14.5. The van der Waals surface area contributed by atoms with E-state index < -0.39 is 0 Å². The van der Waals surface area contributed by atoms with E-state index in [0.29, 0.717) is 32.3 Å². The maximum Gasteiger partial charge on any atom is 0.316 e. The Morgan fingerprint density at radius 3 is 2.53 bits per heavy atom. The zero-order chi connectivity index (χ0) is 21.3. The van der Waals surface area contributed by atoms with Crippen molar-refractivity contribution in [3.63, 3.8) is 0 Å². The van der Waals surface area contributed by atoms with Crippen LogP contribution < -0.4 is 15.4 Å². The third kappa shape index (κ3) is 5.87. The fourth-order valence-corrected chi connectivity index (χ4v) is 3.18. The summed E-state index contributed by atoms with van der Waals surface area (Å²) in [5, 5.41) is 6.02. The Balaban J connectivity index is 1.59. The Hall–Kier alpha value is -3.25. The summed E-state index contributed by atoms with van der Waals surface area (Å²) >= 11 is 0. The number of aryl methyl sites for hydroxylation is 1. The third-order valence-corrected chi connectivity index (χ3v) is 4.94. The summed E-state index contributed by atoms with van der Waals surface area (Å²) in [6.07, 6.45) is 1.79. The molecule has 0 aliphatic rings. The van der Waals surface area contributed by atoms with E-state index in [9.17, 15) is 4.79 Å². The van der Waals surface area contributed by atoms with E-state index in [4.69, 9.17) is 4.74 Å². The molecule has 0 fully saturated rings. The van der Waals surface area contributed by atoms with Crippen LogP contribution in [0.25, 0.3) is 11.1 Å². The molecule has 156 valence electrons. The number of nitrogens with one attached hydrogen (secondary N) is 2. The van der Waals surface area contributed by atoms with E-state index in [1.165, 1.54) is 23.6 Å². The molecular formula is C24H28N4O2. The van der Waals surface area contributed by atoms with Gasteiger partial charge < -0.3 is 15.4 Å². The van der Waals surface area contributed by atoms with Gasteiger partial charge in [0.15, 0.2) is 0 Å². The molecule has 0 atom stereocenters. The predicted octanol–water partition coefficient (Wildman–Crippen LogP) is 3.57. The molecule has 2 N–H and O–H groups in total. The molecule has 0 spiro atoms. The summed E-state index contributed by atoms with van der Waals surface area (Å²) in [5.74, 6) is -0.0256. The molecule has 0 aliphatic heterocycles. The molecule has 3 aromatic rings. The third-order valence-electron chi connectivity index (χ3n) is 4.94. The van der Waals surface area contributed by atoms with Crippen LogP contribution in [0, 0.1) is 13.8 Å². The van der Waals surface area contributed by atoms with Gasteiger partial charge >= 0.3 is 6.01 Å². The van der Waals surface area contributed by atoms with Crippen LogP contribution >= 0.6 is 0 Å². The van der Waals surface area contributed by atoms with Gasteiger partial charge in [-0.15, -0.1) is 0 Å². The van der Waals surface area contributed by atoms with Gasteiger partial charge in [0.25, 0.3) is 0 Å². The minimum atomic E-state index is -0.0256. The number of amides is 1. The summed E-state index contributed by atoms with van der Waals surface area (Å²) in [5.41, 5.74) is 6.59. The van der Waals surface area contributed by atoms with Crippen LogP contribution in [0.15, 0.2) is 54.7 Å². The average Bonchev–Trinajstić information content (AvgIpc) is 2.74. The van der Waals surface area contributed by atoms with Gasteiger partial charge in [0.2, 0.25) is 5.91 Å². The molecule has 1 amide bonds. The summed E-state index contributed by atoms with van der Waals surface area (Å²) in [6.45, 7) is 7.91. The van der Waals surface area contributed by atoms with Crippen LogP contribution in [0.3, 0.4) is 0 Å². The Bertz CT molecular complexity index is 990. The Kier molecular flexibility index (Phi) is 7.51. The lowest BCUT2D eigenvalue weighted by atomic mass is 9.97. The van der Waals surface area contributed by atoms with Gasteiger partial charge in [0.05, 0.1) is 0 Å². The van der Waals surface area contributed by atoms with Gasteiger partial charge in [0.1, 0.15) is 6.61 Å². The molecule has 3 rings (SSSR count). The fourth-order valence-electron chi connectivity index (χ4n) is 3.18. The predicted molar refractivity (Wildman–Crippen MR) is 118 cm³/mol. The first-order valence-corrected chi connectivity index (χ1v) is 10.1. The van der Waals surface area contributed by atoms with Crippen molar-refractivity contribution in [2.75, 3.05) is 13.1 Å². The zero-order valence-electron chi connectivity index (χ0n) is 17.7. The SMILES string of the molecule is CC(=O)NCCNCc1cnc(OCc2cccc(-c3ccccc3)c2C)nc1C. The van der Waals surface area contributed by atoms with Crippen molar-refractivity contribution in [1.29, 1.82) is 0 Å². The van der Waals surface area contributed by atoms with Crippen molar-refractivity contribution in [3.05, 3.63) is 77.1 Å². The number of benzene rings is 2. The van der Waals surface area contributed by atoms with E-state index in [-0.39, 0.29) is 5.91 Å². The van der Waals surface area contributed by atoms with E-state index in [1.807, 2.05) is 25.1 Å². The lowest BCUT2D eigenvalue weighted by Crippen LogP contribution is -2.30. The van der Waals surface area contributed by atoms with Gasteiger partial charge in [-0.25, -0.2) is 9.97 Å². The molecule has 0 bridgehead atoms. The van der Waals surface area contributed by atoms with Gasteiger partial charge in [0, 0.05) is 44.0 Å². The van der Waals surface area contributed by atoms with Crippen molar-refractivity contribution in [2.45, 2.75) is 33.9 Å². The first kappa shape index (κ1) is 21.5. The summed E-state index contributed by atoms with van der Waals surface area (Å²) in [7, 11) is 0. The minimum Gasteiger partial charge on any atom is -0.459 e. The molecule has 2 aromatic carbocycles. The molecule has 0 aliphatic carbocycles. The number of hydrogen-bond acceptors (Lipinski definition) is 5. The summed E-state index contributed by atoms with van der Waals surface area (Å²) < 4.78 is 5.88. The Labute approximate surface area is 177 Å². The van der Waals surface area contributed by atoms with Gasteiger partial charge in [-0.3, -0.25) is 4.79 Å². The Morgan fingerprint density at radius 2 is 1.80 bits per heavy atom. The number of carbonyl (C=O) groups is 1. The number of nitrogens with zero attached hydrogens (tertiary/aromatic N) is 2. The number of carbonyl (C=O) groups excluding carboxylic acids is 1. The van der Waals surface area contributed by atoms with Crippen molar-refractivity contribution in [3.8, 4) is 17.1 Å². The number of hydrogen-bond donors (Lipinski definition) is 2. The van der Waals surface area contributed by atoms with Crippen LogP contribution in [0.5, 0.6) is 6.01 Å². The van der Waals surface area contributed by atoms with Crippen LogP contribution in [-0.4, -0.2) is 29.0 Å². The molecule has 0 unspecified atom stereocenters. The van der Waals surface area contributed by atoms with E-state index in [0.717, 1.165) is 16.8 Å². The highest BCUT2D eigenvalue weighted by Gasteiger charge is 2.09. The number of aromatic nitrogens is 2. The maximum absolute atomic E-state index is 10.9. The smallest absolute Gasteiger partial charge is 0.316 e. The second-order valence-electron chi connectivity index (χ2n) is 7.17. The van der Waals surface area contributed by atoms with Crippen molar-refractivity contribution < 1.29 is 9.53 Å². The van der Waals surface area contributed by atoms with Gasteiger partial charge in [-0.1, -0.05) is 48.5 Å². The van der Waals surface area contributed by atoms with Crippen LogP contribution in [0.4, 0.5) is 0 Å². The van der Waals surface area contributed by atoms with Crippen molar-refractivity contribution >= 4 is 5.91 Å². The topological polar surface area (TPSA) is 76.1 Å². The van der Waals surface area contributed by atoms with E-state index in [1.54, 1.807) is 6.20 Å². The molecule has 0 saturated carbocycles. The Morgan fingerprint density at radius 1 is 1.00 bits per heavy atom. The highest BCUT2D eigenvalue weighted by Crippen LogP contribution is 2.26. The summed E-state index contributed by atoms with van der Waals surface area (Å²) in [4.78, 5) is 19.7. The first-order valence-electron chi connectivity index (χ1n) is 10.1. The van der Waals surface area contributed by atoms with Crippen LogP contribution in [0.1, 0.15) is 29.3 Å². The second-order valence-corrected chi connectivity index (χ2v) is 7.17. The molecule has 1 aromatic heterocycles. The lowest BCUT2D eigenvalue weighted by molar-refractivity contribution is -0.118. The monoisotopic (exact) mass is 404 g/mol. The van der Waals surface area contributed by atoms with Gasteiger partial charge in [-0.2, -0.15) is 0 Å². The average molecular weight is 405 g/mol. The van der Waals surface area contributed by atoms with E-state index in [2.05, 4.69) is 57.9 Å². The normalized spacial score (nSPS) is 10.6. The quantitative estimate of drug-likeness (QED) is 0.533. The number of ether oxygens (including phenoxy) is 1. The highest BCUT2D eigenvalue weighted by atomic mass is 16.5. The highest BCUT2D eigenvalue weighted by molar-refractivity contribution is 5.72. The van der Waals surface area contributed by atoms with E-state index >= 15 is 0 Å². The molecule has 30 heavy (non-hydrogen) atoms.